The van der Waals surface area contributed by atoms with Crippen LogP contribution >= 0.6 is 11.6 Å². The van der Waals surface area contributed by atoms with Crippen LogP contribution in [-0.2, 0) is 16.1 Å². The third-order valence-corrected chi connectivity index (χ3v) is 5.71. The van der Waals surface area contributed by atoms with Gasteiger partial charge in [-0.3, -0.25) is 19.7 Å². The molecule has 0 radical (unpaired) electrons. The number of halogens is 1. The first-order valence-electron chi connectivity index (χ1n) is 8.93. The first-order chi connectivity index (χ1) is 13.7. The van der Waals surface area contributed by atoms with Crippen molar-refractivity contribution in [2.45, 2.75) is 31.1 Å². The third-order valence-electron chi connectivity index (χ3n) is 5.46. The van der Waals surface area contributed by atoms with Gasteiger partial charge >= 0.3 is 0 Å². The van der Waals surface area contributed by atoms with Crippen LogP contribution in [-0.4, -0.2) is 27.6 Å². The van der Waals surface area contributed by atoms with Crippen molar-refractivity contribution in [1.29, 1.82) is 0 Å². The van der Waals surface area contributed by atoms with E-state index in [1.54, 1.807) is 18.2 Å². The Balaban J connectivity index is 2.03. The average Bonchev–Trinajstić information content (AvgIpc) is 3.04. The number of carbonyl (C=O) groups excluding carboxylic acids is 2. The summed E-state index contributed by atoms with van der Waals surface area (Å²) in [6, 6.07) is 8.94. The van der Waals surface area contributed by atoms with E-state index in [1.807, 2.05) is 13.8 Å². The maximum atomic E-state index is 13.6. The number of nitrogens with one attached hydrogen (secondary N) is 1. The van der Waals surface area contributed by atoms with Crippen molar-refractivity contribution in [2.75, 3.05) is 5.88 Å². The van der Waals surface area contributed by atoms with Crippen molar-refractivity contribution < 1.29 is 24.4 Å². The highest BCUT2D eigenvalue weighted by Crippen LogP contribution is 2.59. The second-order valence-electron chi connectivity index (χ2n) is 7.37. The molecule has 0 saturated carbocycles. The van der Waals surface area contributed by atoms with E-state index in [2.05, 4.69) is 5.32 Å². The minimum atomic E-state index is -2.34. The number of hydrogen-bond acceptors (Lipinski definition) is 6. The number of benzene rings is 2. The fraction of sp³-hybridized carbons (Fsp3) is 0.300. The molecule has 2 atom stereocenters. The van der Waals surface area contributed by atoms with E-state index in [9.17, 15) is 24.8 Å². The Hall–Kier alpha value is -2.97. The summed E-state index contributed by atoms with van der Waals surface area (Å²) in [5.74, 6) is -3.99. The summed E-state index contributed by atoms with van der Waals surface area (Å²) in [7, 11) is 0. The molecule has 1 heterocycles. The number of nitrogens with zero attached hydrogens (tertiary/aromatic N) is 1. The van der Waals surface area contributed by atoms with Gasteiger partial charge in [0, 0.05) is 17.2 Å². The molecule has 1 aliphatic heterocycles. The maximum Gasteiger partial charge on any atom is 0.280 e. The van der Waals surface area contributed by atoms with Crippen molar-refractivity contribution >= 4 is 29.0 Å². The summed E-state index contributed by atoms with van der Waals surface area (Å²) in [5, 5.41) is 25.6. The molecular formula is C20H17ClN2O6. The Morgan fingerprint density at radius 3 is 2.66 bits per heavy atom. The molecule has 0 spiro atoms. The molecule has 1 amide bonds. The van der Waals surface area contributed by atoms with Gasteiger partial charge in [0.1, 0.15) is 17.2 Å². The predicted octanol–water partition coefficient (Wildman–Crippen LogP) is 2.70. The van der Waals surface area contributed by atoms with Crippen LogP contribution in [0.1, 0.15) is 46.8 Å². The van der Waals surface area contributed by atoms with Gasteiger partial charge in [-0.1, -0.05) is 38.1 Å². The minimum Gasteiger partial charge on any atom is -0.454 e. The number of carbonyl (C=O) groups is 2. The van der Waals surface area contributed by atoms with Gasteiger partial charge in [0.25, 0.3) is 11.5 Å². The Bertz CT molecular complexity index is 1080. The number of amides is 1. The number of ketones is 1. The molecule has 4 rings (SSSR count). The lowest BCUT2D eigenvalue weighted by atomic mass is 9.82. The van der Waals surface area contributed by atoms with Crippen LogP contribution in [0.25, 0.3) is 0 Å². The standard InChI is InChI=1S/C20H17ClN2O6/c1-10(2)11-6-7-12-15(8-11)29-20(26)13-4-3-5-14(23(27)28)17(13)18(25)19(12,20)22-16(24)9-21/h3-8,10,26H,9H2,1-2H3,(H,22,24). The fourth-order valence-corrected chi connectivity index (χ4v) is 4.16. The lowest BCUT2D eigenvalue weighted by Crippen LogP contribution is -2.60. The quantitative estimate of drug-likeness (QED) is 0.449. The number of fused-ring (bicyclic) bond motifs is 5. The highest BCUT2D eigenvalue weighted by Gasteiger charge is 2.73. The third kappa shape index (κ3) is 2.36. The highest BCUT2D eigenvalue weighted by molar-refractivity contribution is 6.28. The highest BCUT2D eigenvalue weighted by atomic mass is 35.5. The zero-order chi connectivity index (χ0) is 21.1. The zero-order valence-corrected chi connectivity index (χ0v) is 16.3. The number of aliphatic hydroxyl groups is 1. The number of rotatable bonds is 4. The number of ether oxygens (including phenoxy) is 1. The fourth-order valence-electron chi connectivity index (χ4n) is 4.10. The van der Waals surface area contributed by atoms with Gasteiger partial charge in [0.15, 0.2) is 0 Å². The lowest BCUT2D eigenvalue weighted by molar-refractivity contribution is -0.385. The summed E-state index contributed by atoms with van der Waals surface area (Å²) in [6.07, 6.45) is 0. The van der Waals surface area contributed by atoms with Crippen LogP contribution < -0.4 is 10.1 Å². The molecule has 150 valence electrons. The smallest absolute Gasteiger partial charge is 0.280 e. The molecule has 2 unspecified atom stereocenters. The molecule has 2 aromatic rings. The molecule has 1 aliphatic carbocycles. The van der Waals surface area contributed by atoms with E-state index >= 15 is 0 Å². The van der Waals surface area contributed by atoms with Crippen LogP contribution in [0.15, 0.2) is 36.4 Å². The van der Waals surface area contributed by atoms with Crippen LogP contribution in [0, 0.1) is 10.1 Å². The van der Waals surface area contributed by atoms with Crippen LogP contribution in [0.4, 0.5) is 5.69 Å². The van der Waals surface area contributed by atoms with Gasteiger partial charge in [-0.25, -0.2) is 0 Å². The van der Waals surface area contributed by atoms with Crippen molar-refractivity contribution in [3.05, 3.63) is 68.8 Å². The molecule has 2 N–H and O–H groups in total. The van der Waals surface area contributed by atoms with E-state index < -0.39 is 39.5 Å². The lowest BCUT2D eigenvalue weighted by Gasteiger charge is -2.34. The predicted molar refractivity (Wildman–Crippen MR) is 103 cm³/mol. The molecule has 29 heavy (non-hydrogen) atoms. The van der Waals surface area contributed by atoms with Gasteiger partial charge in [0.05, 0.1) is 4.92 Å². The normalized spacial score (nSPS) is 24.0. The van der Waals surface area contributed by atoms with Crippen molar-refractivity contribution in [1.82, 2.24) is 5.32 Å². The number of nitro groups is 1. The number of hydrogen-bond donors (Lipinski definition) is 2. The average molecular weight is 417 g/mol. The van der Waals surface area contributed by atoms with Crippen molar-refractivity contribution in [3.63, 3.8) is 0 Å². The Morgan fingerprint density at radius 1 is 1.31 bits per heavy atom. The first kappa shape index (κ1) is 19.4. The topological polar surface area (TPSA) is 119 Å². The van der Waals surface area contributed by atoms with Crippen molar-refractivity contribution in [2.24, 2.45) is 0 Å². The molecule has 2 aliphatic rings. The molecule has 0 saturated heterocycles. The summed E-state index contributed by atoms with van der Waals surface area (Å²) < 4.78 is 5.84. The van der Waals surface area contributed by atoms with Gasteiger partial charge in [-0.2, -0.15) is 0 Å². The van der Waals surface area contributed by atoms with Gasteiger partial charge < -0.3 is 15.2 Å². The summed E-state index contributed by atoms with van der Waals surface area (Å²) >= 11 is 5.64. The van der Waals surface area contributed by atoms with Crippen LogP contribution in [0.3, 0.4) is 0 Å². The van der Waals surface area contributed by atoms with Gasteiger partial charge in [-0.05, 0) is 17.5 Å². The summed E-state index contributed by atoms with van der Waals surface area (Å²) in [5.41, 5.74) is -1.80. The second-order valence-corrected chi connectivity index (χ2v) is 7.64. The minimum absolute atomic E-state index is 0.0751. The van der Waals surface area contributed by atoms with Gasteiger partial charge in [0.2, 0.25) is 17.2 Å². The van der Waals surface area contributed by atoms with Gasteiger partial charge in [-0.15, -0.1) is 11.6 Å². The summed E-state index contributed by atoms with van der Waals surface area (Å²) in [4.78, 5) is 36.6. The Kier molecular flexibility index (Phi) is 4.18. The van der Waals surface area contributed by atoms with E-state index in [1.165, 1.54) is 18.2 Å². The Morgan fingerprint density at radius 2 is 2.03 bits per heavy atom. The summed E-state index contributed by atoms with van der Waals surface area (Å²) in [6.45, 7) is 3.95. The number of nitro benzene ring substituents is 1. The molecular weight excluding hydrogens is 400 g/mol. The van der Waals surface area contributed by atoms with E-state index in [4.69, 9.17) is 16.3 Å². The monoisotopic (exact) mass is 416 g/mol. The Labute approximate surface area is 170 Å². The molecule has 0 aromatic heterocycles. The molecule has 2 aromatic carbocycles. The SMILES string of the molecule is CC(C)c1ccc2c(c1)OC1(O)c3cccc([N+](=O)[O-])c3C(=O)C21NC(=O)CCl. The van der Waals surface area contributed by atoms with Crippen LogP contribution in [0.5, 0.6) is 5.75 Å². The van der Waals surface area contributed by atoms with E-state index in [0.717, 1.165) is 5.56 Å². The zero-order valence-electron chi connectivity index (χ0n) is 15.6. The van der Waals surface area contributed by atoms with Crippen LogP contribution in [0.2, 0.25) is 0 Å². The van der Waals surface area contributed by atoms with E-state index in [0.29, 0.717) is 0 Å². The molecule has 8 nitrogen and oxygen atoms in total. The number of Topliss-reactive ketones (excluding diaryl/α,β-unsaturated/α-hetero) is 1. The van der Waals surface area contributed by atoms with Crippen molar-refractivity contribution in [3.8, 4) is 5.75 Å². The molecule has 0 bridgehead atoms. The maximum absolute atomic E-state index is 13.6. The van der Waals surface area contributed by atoms with E-state index in [-0.39, 0.29) is 28.4 Å². The molecule has 9 heteroatoms. The number of alkyl halides is 1. The largest absolute Gasteiger partial charge is 0.454 e. The molecule has 0 fully saturated rings. The second kappa shape index (κ2) is 6.27. The first-order valence-corrected chi connectivity index (χ1v) is 9.46.